The fraction of sp³-hybridized carbons (Fsp3) is 0.471. The van der Waals surface area contributed by atoms with Crippen LogP contribution in [-0.2, 0) is 19.6 Å². The molecule has 1 N–H and O–H groups in total. The standard InChI is InChI=1S/C17H21N3O2/c21-16-15-10-13-6-2-3-7-14(13)11-19(15)17(22)20(16)12-18-8-4-1-5-9-18/h2-3,6-7,21H,1,4-5,8-12H2. The Labute approximate surface area is 129 Å². The zero-order valence-electron chi connectivity index (χ0n) is 12.7. The molecule has 0 atom stereocenters. The van der Waals surface area contributed by atoms with Gasteiger partial charge in [0.05, 0.1) is 18.9 Å². The number of aromatic hydroxyl groups is 1. The van der Waals surface area contributed by atoms with Crippen molar-refractivity contribution in [3.63, 3.8) is 0 Å². The predicted octanol–water partition coefficient (Wildman–Crippen LogP) is 1.75. The Morgan fingerprint density at radius 3 is 2.55 bits per heavy atom. The largest absolute Gasteiger partial charge is 0.493 e. The van der Waals surface area contributed by atoms with Crippen molar-refractivity contribution in [2.45, 2.75) is 38.9 Å². The van der Waals surface area contributed by atoms with E-state index >= 15 is 0 Å². The summed E-state index contributed by atoms with van der Waals surface area (Å²) in [6, 6.07) is 8.14. The molecule has 0 bridgehead atoms. The number of benzene rings is 1. The van der Waals surface area contributed by atoms with Gasteiger partial charge in [-0.1, -0.05) is 30.7 Å². The van der Waals surface area contributed by atoms with E-state index in [0.29, 0.717) is 19.6 Å². The number of likely N-dealkylation sites (tertiary alicyclic amines) is 1. The van der Waals surface area contributed by atoms with Crippen molar-refractivity contribution in [1.82, 2.24) is 14.0 Å². The highest BCUT2D eigenvalue weighted by Crippen LogP contribution is 2.27. The van der Waals surface area contributed by atoms with Crippen LogP contribution in [0.15, 0.2) is 29.1 Å². The van der Waals surface area contributed by atoms with E-state index in [4.69, 9.17) is 0 Å². The van der Waals surface area contributed by atoms with Crippen molar-refractivity contribution < 1.29 is 5.11 Å². The van der Waals surface area contributed by atoms with Gasteiger partial charge >= 0.3 is 5.69 Å². The highest BCUT2D eigenvalue weighted by Gasteiger charge is 2.25. The second-order valence-corrected chi connectivity index (χ2v) is 6.33. The third-order valence-corrected chi connectivity index (χ3v) is 4.90. The molecule has 1 aromatic heterocycles. The van der Waals surface area contributed by atoms with Crippen LogP contribution in [0.1, 0.15) is 36.1 Å². The Kier molecular flexibility index (Phi) is 3.30. The summed E-state index contributed by atoms with van der Waals surface area (Å²) in [6.07, 6.45) is 4.24. The summed E-state index contributed by atoms with van der Waals surface area (Å²) in [5.74, 6) is 0.144. The van der Waals surface area contributed by atoms with Crippen LogP contribution in [0, 0.1) is 0 Å². The van der Waals surface area contributed by atoms with Gasteiger partial charge in [-0.3, -0.25) is 9.47 Å². The van der Waals surface area contributed by atoms with E-state index in [0.717, 1.165) is 18.8 Å². The molecule has 116 valence electrons. The monoisotopic (exact) mass is 299 g/mol. The average molecular weight is 299 g/mol. The summed E-state index contributed by atoms with van der Waals surface area (Å²) in [6.45, 7) is 3.07. The maximum Gasteiger partial charge on any atom is 0.332 e. The fourth-order valence-corrected chi connectivity index (χ4v) is 3.63. The van der Waals surface area contributed by atoms with E-state index in [1.165, 1.54) is 35.0 Å². The van der Waals surface area contributed by atoms with Crippen molar-refractivity contribution in [2.75, 3.05) is 13.1 Å². The van der Waals surface area contributed by atoms with Crippen LogP contribution in [0.25, 0.3) is 0 Å². The molecule has 0 radical (unpaired) electrons. The van der Waals surface area contributed by atoms with Gasteiger partial charge in [-0.05, 0) is 37.1 Å². The molecule has 2 aliphatic heterocycles. The van der Waals surface area contributed by atoms with Gasteiger partial charge in [0.25, 0.3) is 0 Å². The SMILES string of the molecule is O=c1n(CN2CCCCC2)c(O)c2n1Cc1ccccc1C2. The van der Waals surface area contributed by atoms with Gasteiger partial charge < -0.3 is 5.11 Å². The normalized spacial score (nSPS) is 18.0. The summed E-state index contributed by atoms with van der Waals surface area (Å²) < 4.78 is 3.26. The van der Waals surface area contributed by atoms with Crippen molar-refractivity contribution in [2.24, 2.45) is 0 Å². The lowest BCUT2D eigenvalue weighted by atomic mass is 9.99. The van der Waals surface area contributed by atoms with Crippen LogP contribution in [0.2, 0.25) is 0 Å². The molecule has 22 heavy (non-hydrogen) atoms. The molecule has 0 amide bonds. The van der Waals surface area contributed by atoms with E-state index in [1.807, 2.05) is 12.1 Å². The minimum Gasteiger partial charge on any atom is -0.493 e. The van der Waals surface area contributed by atoms with Crippen LogP contribution in [0.3, 0.4) is 0 Å². The molecule has 0 aliphatic carbocycles. The minimum atomic E-state index is -0.0902. The smallest absolute Gasteiger partial charge is 0.332 e. The van der Waals surface area contributed by atoms with Gasteiger partial charge in [-0.2, -0.15) is 0 Å². The molecular weight excluding hydrogens is 278 g/mol. The summed E-state index contributed by atoms with van der Waals surface area (Å²) in [7, 11) is 0. The molecule has 0 unspecified atom stereocenters. The molecule has 0 saturated carbocycles. The first-order valence-electron chi connectivity index (χ1n) is 8.04. The molecule has 2 aromatic rings. The Morgan fingerprint density at radius 1 is 1.05 bits per heavy atom. The lowest BCUT2D eigenvalue weighted by Gasteiger charge is -2.26. The van der Waals surface area contributed by atoms with E-state index in [-0.39, 0.29) is 11.6 Å². The Morgan fingerprint density at radius 2 is 1.77 bits per heavy atom. The summed E-state index contributed by atoms with van der Waals surface area (Å²) in [5, 5.41) is 10.5. The number of aromatic nitrogens is 2. The number of piperidine rings is 1. The first-order valence-corrected chi connectivity index (χ1v) is 8.04. The first kappa shape index (κ1) is 13.6. The number of hydrogen-bond donors (Lipinski definition) is 1. The summed E-state index contributed by atoms with van der Waals surface area (Å²) in [4.78, 5) is 14.9. The minimum absolute atomic E-state index is 0.0902. The number of hydrogen-bond acceptors (Lipinski definition) is 3. The molecule has 4 rings (SSSR count). The number of fused-ring (bicyclic) bond motifs is 2. The molecule has 2 aliphatic rings. The van der Waals surface area contributed by atoms with Crippen LogP contribution in [0.5, 0.6) is 5.88 Å². The summed E-state index contributed by atoms with van der Waals surface area (Å²) in [5.41, 5.74) is 3.04. The van der Waals surface area contributed by atoms with Crippen LogP contribution < -0.4 is 5.69 Å². The van der Waals surface area contributed by atoms with Gasteiger partial charge in [0.1, 0.15) is 0 Å². The highest BCUT2D eigenvalue weighted by molar-refractivity contribution is 5.38. The fourth-order valence-electron chi connectivity index (χ4n) is 3.63. The van der Waals surface area contributed by atoms with E-state index < -0.39 is 0 Å². The number of nitrogens with zero attached hydrogens (tertiary/aromatic N) is 3. The van der Waals surface area contributed by atoms with Gasteiger partial charge in [0.15, 0.2) is 0 Å². The van der Waals surface area contributed by atoms with Crippen LogP contribution >= 0.6 is 0 Å². The molecule has 1 aromatic carbocycles. The molecule has 1 fully saturated rings. The molecule has 1 saturated heterocycles. The van der Waals surface area contributed by atoms with Crippen LogP contribution in [0.4, 0.5) is 0 Å². The highest BCUT2D eigenvalue weighted by atomic mass is 16.3. The Hall–Kier alpha value is -2.01. The van der Waals surface area contributed by atoms with E-state index in [1.54, 1.807) is 4.57 Å². The van der Waals surface area contributed by atoms with Gasteiger partial charge in [-0.25, -0.2) is 9.36 Å². The topological polar surface area (TPSA) is 50.4 Å². The zero-order chi connectivity index (χ0) is 15.1. The van der Waals surface area contributed by atoms with E-state index in [9.17, 15) is 9.90 Å². The molecule has 0 spiro atoms. The van der Waals surface area contributed by atoms with Crippen molar-refractivity contribution in [3.8, 4) is 5.88 Å². The van der Waals surface area contributed by atoms with E-state index in [2.05, 4.69) is 17.0 Å². The van der Waals surface area contributed by atoms with Crippen molar-refractivity contribution in [1.29, 1.82) is 0 Å². The lowest BCUT2D eigenvalue weighted by molar-refractivity contribution is 0.172. The zero-order valence-corrected chi connectivity index (χ0v) is 12.7. The maximum absolute atomic E-state index is 12.7. The number of rotatable bonds is 2. The van der Waals surface area contributed by atoms with Gasteiger partial charge in [0.2, 0.25) is 5.88 Å². The molecular formula is C17H21N3O2. The van der Waals surface area contributed by atoms with Crippen LogP contribution in [-0.4, -0.2) is 32.2 Å². The summed E-state index contributed by atoms with van der Waals surface area (Å²) >= 11 is 0. The Bertz CT molecular complexity index is 754. The quantitative estimate of drug-likeness (QED) is 0.784. The average Bonchev–Trinajstić information content (AvgIpc) is 2.79. The molecule has 5 heteroatoms. The third-order valence-electron chi connectivity index (χ3n) is 4.90. The van der Waals surface area contributed by atoms with Gasteiger partial charge in [-0.15, -0.1) is 0 Å². The predicted molar refractivity (Wildman–Crippen MR) is 84.1 cm³/mol. The van der Waals surface area contributed by atoms with Gasteiger partial charge in [0, 0.05) is 6.42 Å². The maximum atomic E-state index is 12.7. The molecule has 5 nitrogen and oxygen atoms in total. The third kappa shape index (κ3) is 2.16. The lowest BCUT2D eigenvalue weighted by Crippen LogP contribution is -2.36. The Balaban J connectivity index is 1.68. The second kappa shape index (κ2) is 5.32. The second-order valence-electron chi connectivity index (χ2n) is 6.33. The number of imidazole rings is 1. The van der Waals surface area contributed by atoms with Crippen molar-refractivity contribution >= 4 is 0 Å². The first-order chi connectivity index (χ1) is 10.7. The molecule has 3 heterocycles. The van der Waals surface area contributed by atoms with Crippen molar-refractivity contribution in [3.05, 3.63) is 51.6 Å².